The molecule has 0 amide bonds. The zero-order valence-electron chi connectivity index (χ0n) is 10.1. The standard InChI is InChI=1S/C14H22OS/c1-2-3-5-10-14(15)12-16-11-13-8-6-4-7-9-13/h4,6-9,14-15H,2-3,5,10-12H2,1H3. The largest absolute Gasteiger partial charge is 0.392 e. The van der Waals surface area contributed by atoms with Gasteiger partial charge in [-0.3, -0.25) is 0 Å². The minimum atomic E-state index is -0.125. The molecule has 1 atom stereocenters. The highest BCUT2D eigenvalue weighted by atomic mass is 32.2. The van der Waals surface area contributed by atoms with E-state index in [-0.39, 0.29) is 6.10 Å². The highest BCUT2D eigenvalue weighted by molar-refractivity contribution is 7.98. The first-order valence-electron chi connectivity index (χ1n) is 6.12. The summed E-state index contributed by atoms with van der Waals surface area (Å²) in [5, 5.41) is 9.73. The van der Waals surface area contributed by atoms with Crippen LogP contribution in [0, 0.1) is 0 Å². The molecule has 1 rings (SSSR count). The monoisotopic (exact) mass is 238 g/mol. The number of hydrogen-bond acceptors (Lipinski definition) is 2. The quantitative estimate of drug-likeness (QED) is 0.694. The summed E-state index contributed by atoms with van der Waals surface area (Å²) in [5.74, 6) is 1.87. The van der Waals surface area contributed by atoms with Gasteiger partial charge in [0.1, 0.15) is 0 Å². The highest BCUT2D eigenvalue weighted by Gasteiger charge is 2.03. The van der Waals surface area contributed by atoms with Crippen molar-refractivity contribution in [1.82, 2.24) is 0 Å². The van der Waals surface area contributed by atoms with Gasteiger partial charge in [0, 0.05) is 11.5 Å². The number of hydrogen-bond donors (Lipinski definition) is 1. The molecule has 0 aliphatic rings. The lowest BCUT2D eigenvalue weighted by Crippen LogP contribution is -2.09. The van der Waals surface area contributed by atoms with Gasteiger partial charge in [0.2, 0.25) is 0 Å². The lowest BCUT2D eigenvalue weighted by atomic mass is 10.1. The van der Waals surface area contributed by atoms with E-state index in [9.17, 15) is 5.11 Å². The fourth-order valence-corrected chi connectivity index (χ4v) is 2.59. The van der Waals surface area contributed by atoms with Gasteiger partial charge in [0.05, 0.1) is 6.10 Å². The third-order valence-corrected chi connectivity index (χ3v) is 3.72. The fraction of sp³-hybridized carbons (Fsp3) is 0.571. The van der Waals surface area contributed by atoms with Crippen LogP contribution in [0.3, 0.4) is 0 Å². The van der Waals surface area contributed by atoms with Crippen molar-refractivity contribution >= 4 is 11.8 Å². The predicted molar refractivity (Wildman–Crippen MR) is 72.8 cm³/mol. The van der Waals surface area contributed by atoms with Gasteiger partial charge >= 0.3 is 0 Å². The third kappa shape index (κ3) is 6.19. The smallest absolute Gasteiger partial charge is 0.0630 e. The van der Waals surface area contributed by atoms with Gasteiger partial charge in [-0.15, -0.1) is 0 Å². The summed E-state index contributed by atoms with van der Waals surface area (Å²) in [6, 6.07) is 10.4. The lowest BCUT2D eigenvalue weighted by molar-refractivity contribution is 0.185. The van der Waals surface area contributed by atoms with Crippen molar-refractivity contribution in [2.45, 2.75) is 44.5 Å². The predicted octanol–water partition coefficient (Wildman–Crippen LogP) is 3.86. The van der Waals surface area contributed by atoms with Crippen molar-refractivity contribution < 1.29 is 5.11 Å². The van der Waals surface area contributed by atoms with E-state index in [1.165, 1.54) is 18.4 Å². The average Bonchev–Trinajstić information content (AvgIpc) is 2.31. The summed E-state index contributed by atoms with van der Waals surface area (Å²) in [5.41, 5.74) is 1.34. The van der Waals surface area contributed by atoms with Crippen molar-refractivity contribution in [1.29, 1.82) is 0 Å². The Labute approximate surface area is 103 Å². The van der Waals surface area contributed by atoms with E-state index in [1.54, 1.807) is 0 Å². The molecule has 1 unspecified atom stereocenters. The zero-order valence-corrected chi connectivity index (χ0v) is 10.9. The molecule has 0 spiro atoms. The molecule has 1 aromatic rings. The number of aliphatic hydroxyl groups is 1. The number of benzene rings is 1. The van der Waals surface area contributed by atoms with Crippen molar-refractivity contribution in [3.63, 3.8) is 0 Å². The molecule has 0 aliphatic carbocycles. The Morgan fingerprint density at radius 3 is 2.62 bits per heavy atom. The second-order valence-corrected chi connectivity index (χ2v) is 5.18. The third-order valence-electron chi connectivity index (χ3n) is 2.56. The van der Waals surface area contributed by atoms with Crippen LogP contribution in [0.5, 0.6) is 0 Å². The molecule has 1 N–H and O–H groups in total. The van der Waals surface area contributed by atoms with Crippen LogP contribution in [-0.2, 0) is 5.75 Å². The van der Waals surface area contributed by atoms with Crippen LogP contribution in [0.2, 0.25) is 0 Å². The summed E-state index contributed by atoms with van der Waals surface area (Å²) >= 11 is 1.82. The van der Waals surface area contributed by atoms with E-state index in [2.05, 4.69) is 31.2 Å². The molecule has 0 aliphatic heterocycles. The topological polar surface area (TPSA) is 20.2 Å². The Kier molecular flexibility index (Phi) is 7.35. The van der Waals surface area contributed by atoms with Crippen LogP contribution in [-0.4, -0.2) is 17.0 Å². The minimum absolute atomic E-state index is 0.125. The van der Waals surface area contributed by atoms with Gasteiger partial charge in [-0.25, -0.2) is 0 Å². The van der Waals surface area contributed by atoms with Crippen LogP contribution < -0.4 is 0 Å². The normalized spacial score (nSPS) is 12.6. The summed E-state index contributed by atoms with van der Waals surface area (Å²) in [7, 11) is 0. The van der Waals surface area contributed by atoms with Crippen molar-refractivity contribution in [3.05, 3.63) is 35.9 Å². The molecular weight excluding hydrogens is 216 g/mol. The summed E-state index contributed by atoms with van der Waals surface area (Å²) in [6.45, 7) is 2.19. The van der Waals surface area contributed by atoms with E-state index in [0.29, 0.717) is 0 Å². The number of unbranched alkanes of at least 4 members (excludes halogenated alkanes) is 2. The Hall–Kier alpha value is -0.470. The number of rotatable bonds is 8. The Morgan fingerprint density at radius 1 is 1.19 bits per heavy atom. The van der Waals surface area contributed by atoms with E-state index in [1.807, 2.05) is 17.8 Å². The van der Waals surface area contributed by atoms with E-state index in [4.69, 9.17) is 0 Å². The van der Waals surface area contributed by atoms with Crippen molar-refractivity contribution in [3.8, 4) is 0 Å². The Balaban J connectivity index is 2.06. The fourth-order valence-electron chi connectivity index (χ4n) is 1.60. The molecular formula is C14H22OS. The summed E-state index contributed by atoms with van der Waals surface area (Å²) in [4.78, 5) is 0. The van der Waals surface area contributed by atoms with E-state index >= 15 is 0 Å². The first kappa shape index (κ1) is 13.6. The molecule has 90 valence electrons. The van der Waals surface area contributed by atoms with Crippen LogP contribution in [0.15, 0.2) is 30.3 Å². The second kappa shape index (κ2) is 8.66. The maximum Gasteiger partial charge on any atom is 0.0630 e. The van der Waals surface area contributed by atoms with Crippen LogP contribution >= 0.6 is 11.8 Å². The van der Waals surface area contributed by atoms with Gasteiger partial charge in [-0.2, -0.15) is 11.8 Å². The van der Waals surface area contributed by atoms with Gasteiger partial charge < -0.3 is 5.11 Å². The van der Waals surface area contributed by atoms with Gasteiger partial charge in [0.15, 0.2) is 0 Å². The first-order chi connectivity index (χ1) is 7.83. The first-order valence-corrected chi connectivity index (χ1v) is 7.28. The van der Waals surface area contributed by atoms with Crippen LogP contribution in [0.25, 0.3) is 0 Å². The number of aliphatic hydroxyl groups excluding tert-OH is 1. The summed E-state index contributed by atoms with van der Waals surface area (Å²) < 4.78 is 0. The Morgan fingerprint density at radius 2 is 1.94 bits per heavy atom. The van der Waals surface area contributed by atoms with Gasteiger partial charge in [-0.05, 0) is 12.0 Å². The molecule has 0 radical (unpaired) electrons. The lowest BCUT2D eigenvalue weighted by Gasteiger charge is -2.09. The van der Waals surface area contributed by atoms with Crippen LogP contribution in [0.1, 0.15) is 38.2 Å². The average molecular weight is 238 g/mol. The highest BCUT2D eigenvalue weighted by Crippen LogP contribution is 2.15. The molecule has 0 heterocycles. The minimum Gasteiger partial charge on any atom is -0.392 e. The molecule has 2 heteroatoms. The summed E-state index contributed by atoms with van der Waals surface area (Å²) in [6.07, 6.45) is 4.45. The van der Waals surface area contributed by atoms with Crippen molar-refractivity contribution in [2.24, 2.45) is 0 Å². The maximum absolute atomic E-state index is 9.73. The Bertz CT molecular complexity index is 261. The van der Waals surface area contributed by atoms with Crippen LogP contribution in [0.4, 0.5) is 0 Å². The molecule has 0 bridgehead atoms. The molecule has 16 heavy (non-hydrogen) atoms. The molecule has 1 aromatic carbocycles. The molecule has 0 fully saturated rings. The number of thioether (sulfide) groups is 1. The van der Waals surface area contributed by atoms with Gasteiger partial charge in [-0.1, -0.05) is 56.5 Å². The molecule has 0 saturated carbocycles. The molecule has 0 aromatic heterocycles. The van der Waals surface area contributed by atoms with E-state index < -0.39 is 0 Å². The zero-order chi connectivity index (χ0) is 11.6. The van der Waals surface area contributed by atoms with E-state index in [0.717, 1.165) is 24.3 Å². The van der Waals surface area contributed by atoms with Crippen molar-refractivity contribution in [2.75, 3.05) is 5.75 Å². The SMILES string of the molecule is CCCCCC(O)CSCc1ccccc1. The molecule has 0 saturated heterocycles. The molecule has 1 nitrogen and oxygen atoms in total. The second-order valence-electron chi connectivity index (χ2n) is 4.15. The maximum atomic E-state index is 9.73. The van der Waals surface area contributed by atoms with Gasteiger partial charge in [0.25, 0.3) is 0 Å².